The van der Waals surface area contributed by atoms with Crippen LogP contribution >= 0.6 is 0 Å². The van der Waals surface area contributed by atoms with Crippen molar-refractivity contribution in [3.05, 3.63) is 59.7 Å². The maximum atomic E-state index is 9.70. The molecule has 1 heterocycles. The molecule has 2 aromatic carbocycles. The second-order valence-corrected chi connectivity index (χ2v) is 5.47. The van der Waals surface area contributed by atoms with Crippen molar-refractivity contribution < 1.29 is 9.47 Å². The first-order valence-corrected chi connectivity index (χ1v) is 7.78. The Morgan fingerprint density at radius 2 is 1.92 bits per heavy atom. The van der Waals surface area contributed by atoms with E-state index in [1.807, 2.05) is 47.5 Å². The Morgan fingerprint density at radius 1 is 1.12 bits per heavy atom. The third-order valence-electron chi connectivity index (χ3n) is 4.09. The summed E-state index contributed by atoms with van der Waals surface area (Å²) in [6.07, 6.45) is 0.820. The van der Waals surface area contributed by atoms with Gasteiger partial charge in [0.25, 0.3) is 0 Å². The van der Waals surface area contributed by atoms with Crippen molar-refractivity contribution in [1.29, 1.82) is 5.26 Å². The normalized spacial score (nSPS) is 14.7. The summed E-state index contributed by atoms with van der Waals surface area (Å²) >= 11 is 0. The fraction of sp³-hybridized carbons (Fsp3) is 0.263. The monoisotopic (exact) mass is 321 g/mol. The molecule has 0 spiro atoms. The first-order chi connectivity index (χ1) is 11.8. The highest BCUT2D eigenvalue weighted by molar-refractivity contribution is 6.01. The predicted octanol–water partition coefficient (Wildman–Crippen LogP) is 3.38. The van der Waals surface area contributed by atoms with Crippen molar-refractivity contribution in [2.45, 2.75) is 12.5 Å². The number of nitrogens with zero attached hydrogens (tertiary/aromatic N) is 3. The smallest absolute Gasteiger partial charge is 0.162 e. The molecule has 0 aliphatic carbocycles. The number of rotatable bonds is 5. The standard InChI is InChI=1S/C19H19N3O2/c1-23-15-8-9-16(19(12-15)24-2)18(13-20)22-11-10-17(21-22)14-6-4-3-5-7-14/h3-9,12,18H,10-11H2,1-2H3. The SMILES string of the molecule is COc1ccc(C(C#N)N2CCC(c3ccccc3)=N2)c(OC)c1. The Morgan fingerprint density at radius 3 is 2.58 bits per heavy atom. The molecule has 0 fully saturated rings. The molecule has 0 saturated carbocycles. The molecule has 0 aromatic heterocycles. The second kappa shape index (κ2) is 7.05. The van der Waals surface area contributed by atoms with Crippen molar-refractivity contribution in [1.82, 2.24) is 5.01 Å². The van der Waals surface area contributed by atoms with Gasteiger partial charge in [-0.15, -0.1) is 0 Å². The van der Waals surface area contributed by atoms with E-state index in [9.17, 15) is 5.26 Å². The van der Waals surface area contributed by atoms with E-state index < -0.39 is 6.04 Å². The lowest BCUT2D eigenvalue weighted by Gasteiger charge is -2.22. The van der Waals surface area contributed by atoms with E-state index in [2.05, 4.69) is 11.2 Å². The zero-order chi connectivity index (χ0) is 16.9. The summed E-state index contributed by atoms with van der Waals surface area (Å²) in [6.45, 7) is 0.706. The van der Waals surface area contributed by atoms with Crippen LogP contribution in [0.5, 0.6) is 11.5 Å². The molecule has 1 aliphatic rings. The minimum atomic E-state index is -0.493. The molecule has 0 radical (unpaired) electrons. The molecule has 5 heteroatoms. The molecule has 1 atom stereocenters. The highest BCUT2D eigenvalue weighted by atomic mass is 16.5. The molecular weight excluding hydrogens is 302 g/mol. The van der Waals surface area contributed by atoms with Gasteiger partial charge < -0.3 is 9.47 Å². The summed E-state index contributed by atoms with van der Waals surface area (Å²) in [7, 11) is 3.20. The Hall–Kier alpha value is -3.00. The number of hydrazone groups is 1. The van der Waals surface area contributed by atoms with Gasteiger partial charge in [-0.25, -0.2) is 0 Å². The van der Waals surface area contributed by atoms with Gasteiger partial charge in [-0.05, 0) is 17.7 Å². The van der Waals surface area contributed by atoms with E-state index in [1.54, 1.807) is 20.3 Å². The molecule has 0 N–H and O–H groups in total. The van der Waals surface area contributed by atoms with E-state index in [-0.39, 0.29) is 0 Å². The number of benzene rings is 2. The van der Waals surface area contributed by atoms with Gasteiger partial charge in [-0.2, -0.15) is 10.4 Å². The van der Waals surface area contributed by atoms with Crippen LogP contribution in [0.2, 0.25) is 0 Å². The minimum absolute atomic E-state index is 0.493. The third-order valence-corrected chi connectivity index (χ3v) is 4.09. The van der Waals surface area contributed by atoms with Gasteiger partial charge in [0.1, 0.15) is 11.5 Å². The maximum Gasteiger partial charge on any atom is 0.162 e. The fourth-order valence-corrected chi connectivity index (χ4v) is 2.84. The molecule has 0 bridgehead atoms. The van der Waals surface area contributed by atoms with E-state index in [4.69, 9.17) is 9.47 Å². The van der Waals surface area contributed by atoms with Gasteiger partial charge in [-0.3, -0.25) is 5.01 Å². The topological polar surface area (TPSA) is 57.8 Å². The van der Waals surface area contributed by atoms with E-state index in [0.717, 1.165) is 23.3 Å². The summed E-state index contributed by atoms with van der Waals surface area (Å²) in [5.74, 6) is 1.33. The summed E-state index contributed by atoms with van der Waals surface area (Å²) in [5.41, 5.74) is 2.89. The Bertz CT molecular complexity index is 781. The second-order valence-electron chi connectivity index (χ2n) is 5.47. The summed E-state index contributed by atoms with van der Waals surface area (Å²) in [5, 5.41) is 16.2. The molecular formula is C19H19N3O2. The maximum absolute atomic E-state index is 9.70. The molecule has 1 unspecified atom stereocenters. The summed E-state index contributed by atoms with van der Waals surface area (Å²) < 4.78 is 10.7. The van der Waals surface area contributed by atoms with Crippen molar-refractivity contribution in [2.75, 3.05) is 20.8 Å². The Labute approximate surface area is 141 Å². The first kappa shape index (κ1) is 15.9. The van der Waals surface area contributed by atoms with Crippen LogP contribution in [0.1, 0.15) is 23.6 Å². The largest absolute Gasteiger partial charge is 0.497 e. The average Bonchev–Trinajstić information content (AvgIpc) is 3.13. The molecule has 24 heavy (non-hydrogen) atoms. The fourth-order valence-electron chi connectivity index (χ4n) is 2.84. The van der Waals surface area contributed by atoms with Gasteiger partial charge in [0.05, 0.1) is 26.0 Å². The lowest BCUT2D eigenvalue weighted by atomic mass is 10.1. The van der Waals surface area contributed by atoms with Gasteiger partial charge >= 0.3 is 0 Å². The van der Waals surface area contributed by atoms with Crippen molar-refractivity contribution >= 4 is 5.71 Å². The van der Waals surface area contributed by atoms with Crippen LogP contribution in [0, 0.1) is 11.3 Å². The molecule has 1 aliphatic heterocycles. The summed E-state index contributed by atoms with van der Waals surface area (Å²) in [4.78, 5) is 0. The van der Waals surface area contributed by atoms with Crippen LogP contribution in [-0.4, -0.2) is 31.5 Å². The lowest BCUT2D eigenvalue weighted by molar-refractivity contribution is 0.267. The Balaban J connectivity index is 1.91. The van der Waals surface area contributed by atoms with E-state index >= 15 is 0 Å². The first-order valence-electron chi connectivity index (χ1n) is 7.78. The van der Waals surface area contributed by atoms with Crippen LogP contribution in [0.4, 0.5) is 0 Å². The van der Waals surface area contributed by atoms with Crippen molar-refractivity contribution in [2.24, 2.45) is 5.10 Å². The van der Waals surface area contributed by atoms with E-state index in [0.29, 0.717) is 18.0 Å². The van der Waals surface area contributed by atoms with E-state index in [1.165, 1.54) is 0 Å². The third kappa shape index (κ3) is 3.04. The zero-order valence-corrected chi connectivity index (χ0v) is 13.8. The Kier molecular flexibility index (Phi) is 4.66. The lowest BCUT2D eigenvalue weighted by Crippen LogP contribution is -2.20. The quantitative estimate of drug-likeness (QED) is 0.847. The molecule has 0 saturated heterocycles. The molecule has 3 rings (SSSR count). The zero-order valence-electron chi connectivity index (χ0n) is 13.8. The number of methoxy groups -OCH3 is 2. The summed E-state index contributed by atoms with van der Waals surface area (Å²) in [6, 6.07) is 17.4. The minimum Gasteiger partial charge on any atom is -0.497 e. The van der Waals surface area contributed by atoms with Crippen LogP contribution < -0.4 is 9.47 Å². The predicted molar refractivity (Wildman–Crippen MR) is 92.2 cm³/mol. The molecule has 2 aromatic rings. The molecule has 5 nitrogen and oxygen atoms in total. The van der Waals surface area contributed by atoms with Crippen LogP contribution in [0.15, 0.2) is 53.6 Å². The van der Waals surface area contributed by atoms with Crippen LogP contribution in [0.25, 0.3) is 0 Å². The van der Waals surface area contributed by atoms with Gasteiger partial charge in [0.2, 0.25) is 0 Å². The number of hydrogen-bond donors (Lipinski definition) is 0. The highest BCUT2D eigenvalue weighted by Gasteiger charge is 2.27. The van der Waals surface area contributed by atoms with Crippen molar-refractivity contribution in [3.8, 4) is 17.6 Å². The van der Waals surface area contributed by atoms with Crippen LogP contribution in [-0.2, 0) is 0 Å². The number of hydrogen-bond acceptors (Lipinski definition) is 5. The molecule has 0 amide bonds. The van der Waals surface area contributed by atoms with Gasteiger partial charge in [-0.1, -0.05) is 30.3 Å². The van der Waals surface area contributed by atoms with Gasteiger partial charge in [0, 0.05) is 24.6 Å². The highest BCUT2D eigenvalue weighted by Crippen LogP contribution is 2.34. The van der Waals surface area contributed by atoms with Crippen LogP contribution in [0.3, 0.4) is 0 Å². The average molecular weight is 321 g/mol. The molecule has 122 valence electrons. The van der Waals surface area contributed by atoms with Crippen molar-refractivity contribution in [3.63, 3.8) is 0 Å². The van der Waals surface area contributed by atoms with Gasteiger partial charge in [0.15, 0.2) is 6.04 Å². The number of ether oxygens (including phenoxy) is 2. The number of nitriles is 1.